The van der Waals surface area contributed by atoms with E-state index in [1.165, 1.54) is 19.3 Å². The molecule has 1 fully saturated rings. The van der Waals surface area contributed by atoms with Gasteiger partial charge in [0.05, 0.1) is 4.99 Å². The summed E-state index contributed by atoms with van der Waals surface area (Å²) in [6.07, 6.45) is 8.25. The fourth-order valence-corrected chi connectivity index (χ4v) is 3.03. The Balaban J connectivity index is 2.66. The van der Waals surface area contributed by atoms with Crippen LogP contribution >= 0.6 is 12.2 Å². The van der Waals surface area contributed by atoms with E-state index in [0.717, 1.165) is 19.3 Å². The Morgan fingerprint density at radius 3 is 2.58 bits per heavy atom. The topological polar surface area (TPSA) is 46.3 Å². The van der Waals surface area contributed by atoms with Crippen LogP contribution in [0, 0.1) is 5.92 Å². The van der Waals surface area contributed by atoms with Crippen LogP contribution in [0.5, 0.6) is 0 Å². The zero-order chi connectivity index (χ0) is 14.3. The summed E-state index contributed by atoms with van der Waals surface area (Å²) in [7, 11) is 0. The number of hydrogen-bond donors (Lipinski definition) is 1. The van der Waals surface area contributed by atoms with Gasteiger partial charge in [0.15, 0.2) is 0 Å². The van der Waals surface area contributed by atoms with Crippen LogP contribution in [0.3, 0.4) is 0 Å². The lowest BCUT2D eigenvalue weighted by atomic mass is 9.84. The number of thiocarbonyl (C=S) groups is 1. The van der Waals surface area contributed by atoms with E-state index in [4.69, 9.17) is 18.0 Å². The molecule has 1 aliphatic rings. The number of rotatable bonds is 7. The van der Waals surface area contributed by atoms with Crippen molar-refractivity contribution in [1.82, 2.24) is 4.90 Å². The van der Waals surface area contributed by atoms with Crippen molar-refractivity contribution in [1.29, 1.82) is 0 Å². The molecule has 0 aromatic carbocycles. The Hall–Kier alpha value is -0.640. The highest BCUT2D eigenvalue weighted by Gasteiger charge is 2.29. The monoisotopic (exact) mass is 284 g/mol. The highest BCUT2D eigenvalue weighted by molar-refractivity contribution is 7.80. The molecular formula is C15H28N2OS. The molecule has 2 unspecified atom stereocenters. The largest absolute Gasteiger partial charge is 0.393 e. The Kier molecular flexibility index (Phi) is 7.36. The maximum atomic E-state index is 12.4. The fourth-order valence-electron chi connectivity index (χ4n) is 2.94. The summed E-state index contributed by atoms with van der Waals surface area (Å²) in [6.45, 7) is 5.09. The minimum atomic E-state index is 0.289. The molecule has 19 heavy (non-hydrogen) atoms. The van der Waals surface area contributed by atoms with Crippen molar-refractivity contribution in [3.8, 4) is 0 Å². The van der Waals surface area contributed by atoms with Crippen LogP contribution < -0.4 is 5.73 Å². The second-order valence-corrected chi connectivity index (χ2v) is 6.26. The molecule has 1 aliphatic carbocycles. The smallest absolute Gasteiger partial charge is 0.222 e. The van der Waals surface area contributed by atoms with Crippen molar-refractivity contribution < 1.29 is 4.79 Å². The maximum absolute atomic E-state index is 12.4. The van der Waals surface area contributed by atoms with E-state index in [1.54, 1.807) is 0 Å². The van der Waals surface area contributed by atoms with Crippen LogP contribution in [-0.4, -0.2) is 28.4 Å². The second-order valence-electron chi connectivity index (χ2n) is 5.74. The van der Waals surface area contributed by atoms with Crippen molar-refractivity contribution >= 4 is 23.1 Å². The summed E-state index contributed by atoms with van der Waals surface area (Å²) in [4.78, 5) is 15.0. The maximum Gasteiger partial charge on any atom is 0.222 e. The molecule has 0 aromatic heterocycles. The van der Waals surface area contributed by atoms with Crippen LogP contribution in [0.2, 0.25) is 0 Å². The van der Waals surface area contributed by atoms with Crippen molar-refractivity contribution in [3.05, 3.63) is 0 Å². The van der Waals surface area contributed by atoms with Gasteiger partial charge < -0.3 is 10.6 Å². The lowest BCUT2D eigenvalue weighted by Gasteiger charge is -2.39. The predicted molar refractivity (Wildman–Crippen MR) is 84.1 cm³/mol. The van der Waals surface area contributed by atoms with Gasteiger partial charge >= 0.3 is 0 Å². The third-order valence-corrected chi connectivity index (χ3v) is 4.33. The minimum absolute atomic E-state index is 0.289. The van der Waals surface area contributed by atoms with Crippen molar-refractivity contribution in [3.63, 3.8) is 0 Å². The summed E-state index contributed by atoms with van der Waals surface area (Å²) in [5.41, 5.74) is 5.60. The summed E-state index contributed by atoms with van der Waals surface area (Å²) < 4.78 is 0. The third kappa shape index (κ3) is 5.47. The van der Waals surface area contributed by atoms with Gasteiger partial charge in [-0.05, 0) is 25.2 Å². The van der Waals surface area contributed by atoms with E-state index in [-0.39, 0.29) is 5.91 Å². The zero-order valence-corrected chi connectivity index (χ0v) is 13.2. The summed E-state index contributed by atoms with van der Waals surface area (Å²) in [6, 6.07) is 0.396. The van der Waals surface area contributed by atoms with E-state index in [9.17, 15) is 4.79 Å². The first-order valence-electron chi connectivity index (χ1n) is 7.64. The number of carbonyl (C=O) groups is 1. The van der Waals surface area contributed by atoms with Gasteiger partial charge in [0.2, 0.25) is 5.91 Å². The van der Waals surface area contributed by atoms with Crippen LogP contribution in [0.15, 0.2) is 0 Å². The lowest BCUT2D eigenvalue weighted by molar-refractivity contribution is -0.135. The first-order chi connectivity index (χ1) is 9.06. The molecule has 2 N–H and O–H groups in total. The number of nitrogens with zero attached hydrogens (tertiary/aromatic N) is 1. The average molecular weight is 284 g/mol. The van der Waals surface area contributed by atoms with Gasteiger partial charge in [0.1, 0.15) is 0 Å². The Labute approximate surface area is 122 Å². The van der Waals surface area contributed by atoms with Gasteiger partial charge in [0.25, 0.3) is 0 Å². The molecule has 1 saturated carbocycles. The van der Waals surface area contributed by atoms with E-state index < -0.39 is 0 Å². The second kappa shape index (κ2) is 8.51. The normalized spacial score (nSPS) is 23.1. The number of hydrogen-bond acceptors (Lipinski definition) is 2. The van der Waals surface area contributed by atoms with E-state index in [2.05, 4.69) is 18.7 Å². The van der Waals surface area contributed by atoms with Gasteiger partial charge in [0, 0.05) is 25.4 Å². The molecule has 4 heteroatoms. The number of amides is 1. The van der Waals surface area contributed by atoms with Crippen LogP contribution in [0.4, 0.5) is 0 Å². The van der Waals surface area contributed by atoms with Crippen LogP contribution in [0.1, 0.15) is 65.2 Å². The van der Waals surface area contributed by atoms with Gasteiger partial charge in [-0.3, -0.25) is 4.79 Å². The Morgan fingerprint density at radius 2 is 2.00 bits per heavy atom. The molecule has 1 amide bonds. The van der Waals surface area contributed by atoms with E-state index in [0.29, 0.717) is 36.3 Å². The first-order valence-corrected chi connectivity index (χ1v) is 8.04. The number of unbranched alkanes of at least 4 members (excludes halogenated alkanes) is 1. The molecule has 110 valence electrons. The molecule has 1 rings (SSSR count). The number of carbonyl (C=O) groups excluding carboxylic acids is 1. The number of nitrogens with two attached hydrogens (primary N) is 1. The van der Waals surface area contributed by atoms with Crippen LogP contribution in [0.25, 0.3) is 0 Å². The molecular weight excluding hydrogens is 256 g/mol. The molecule has 0 heterocycles. The first kappa shape index (κ1) is 16.4. The molecule has 0 radical (unpaired) electrons. The summed E-state index contributed by atoms with van der Waals surface area (Å²) in [5.74, 6) is 0.891. The highest BCUT2D eigenvalue weighted by Crippen LogP contribution is 2.28. The summed E-state index contributed by atoms with van der Waals surface area (Å²) >= 11 is 4.96. The SMILES string of the molecule is CCCCC(=O)N(CCC(N)=S)C1CCCCC1C. The van der Waals surface area contributed by atoms with E-state index in [1.807, 2.05) is 0 Å². The predicted octanol–water partition coefficient (Wildman–Crippen LogP) is 3.26. The standard InChI is InChI=1S/C15H28N2OS/c1-3-4-9-15(18)17(11-10-14(16)19)13-8-6-5-7-12(13)2/h12-13H,3-11H2,1-2H3,(H2,16,19). The quantitative estimate of drug-likeness (QED) is 0.730. The third-order valence-electron chi connectivity index (χ3n) is 4.13. The lowest BCUT2D eigenvalue weighted by Crippen LogP contribution is -2.46. The summed E-state index contributed by atoms with van der Waals surface area (Å²) in [5, 5.41) is 0. The minimum Gasteiger partial charge on any atom is -0.393 e. The molecule has 0 spiro atoms. The average Bonchev–Trinajstić information content (AvgIpc) is 2.38. The molecule has 0 saturated heterocycles. The van der Waals surface area contributed by atoms with Crippen molar-refractivity contribution in [2.45, 2.75) is 71.3 Å². The molecule has 3 nitrogen and oxygen atoms in total. The van der Waals surface area contributed by atoms with Gasteiger partial charge in [-0.25, -0.2) is 0 Å². The molecule has 0 bridgehead atoms. The molecule has 0 aliphatic heterocycles. The zero-order valence-electron chi connectivity index (χ0n) is 12.4. The van der Waals surface area contributed by atoms with Crippen LogP contribution in [-0.2, 0) is 4.79 Å². The highest BCUT2D eigenvalue weighted by atomic mass is 32.1. The van der Waals surface area contributed by atoms with E-state index >= 15 is 0 Å². The van der Waals surface area contributed by atoms with Gasteiger partial charge in [-0.2, -0.15) is 0 Å². The van der Waals surface area contributed by atoms with Gasteiger partial charge in [-0.1, -0.05) is 45.3 Å². The molecule has 2 atom stereocenters. The Morgan fingerprint density at radius 1 is 1.32 bits per heavy atom. The fraction of sp³-hybridized carbons (Fsp3) is 0.867. The van der Waals surface area contributed by atoms with Gasteiger partial charge in [-0.15, -0.1) is 0 Å². The van der Waals surface area contributed by atoms with Crippen molar-refractivity contribution in [2.24, 2.45) is 11.7 Å². The Bertz CT molecular complexity index is 307. The molecule has 0 aromatic rings. The van der Waals surface area contributed by atoms with Crippen molar-refractivity contribution in [2.75, 3.05) is 6.54 Å².